The molecule has 0 aromatic heterocycles. The van der Waals surface area contributed by atoms with Crippen LogP contribution in [0.15, 0.2) is 24.3 Å². The molecule has 0 spiro atoms. The maximum absolute atomic E-state index is 12.0. The average Bonchev–Trinajstić information content (AvgIpc) is 2.29. The Morgan fingerprint density at radius 1 is 0.941 bits per heavy atom. The van der Waals surface area contributed by atoms with Crippen LogP contribution in [0, 0.1) is 0 Å². The Hall–Kier alpha value is -1.39. The number of nitrogens with zero attached hydrogens (tertiary/aromatic N) is 1. The number of anilines is 1. The van der Waals surface area contributed by atoms with Crippen molar-refractivity contribution >= 4 is 5.69 Å². The molecule has 0 saturated carbocycles. The molecule has 0 unspecified atom stereocenters. The Kier molecular flexibility index (Phi) is 3.45. The fourth-order valence-electron chi connectivity index (χ4n) is 2.01. The van der Waals surface area contributed by atoms with E-state index in [-0.39, 0.29) is 5.75 Å². The smallest absolute Gasteiger partial charge is 0.406 e. The second-order valence-corrected chi connectivity index (χ2v) is 4.09. The minimum atomic E-state index is -4.62. The number of halogens is 3. The predicted octanol–water partition coefficient (Wildman–Crippen LogP) is 3.58. The van der Waals surface area contributed by atoms with Crippen LogP contribution in [0.2, 0.25) is 0 Å². The Balaban J connectivity index is 2.02. The second-order valence-electron chi connectivity index (χ2n) is 4.09. The van der Waals surface area contributed by atoms with E-state index in [0.717, 1.165) is 31.6 Å². The minimum absolute atomic E-state index is 0.168. The van der Waals surface area contributed by atoms with Crippen molar-refractivity contribution in [2.45, 2.75) is 25.6 Å². The monoisotopic (exact) mass is 245 g/mol. The molecule has 0 amide bonds. The van der Waals surface area contributed by atoms with Crippen LogP contribution in [0.25, 0.3) is 0 Å². The van der Waals surface area contributed by atoms with E-state index >= 15 is 0 Å². The summed E-state index contributed by atoms with van der Waals surface area (Å²) >= 11 is 0. The lowest BCUT2D eigenvalue weighted by molar-refractivity contribution is -0.274. The topological polar surface area (TPSA) is 12.5 Å². The lowest BCUT2D eigenvalue weighted by Crippen LogP contribution is -2.29. The van der Waals surface area contributed by atoms with Gasteiger partial charge in [-0.05, 0) is 43.5 Å². The van der Waals surface area contributed by atoms with Gasteiger partial charge in [-0.2, -0.15) is 0 Å². The van der Waals surface area contributed by atoms with Crippen molar-refractivity contribution in [1.29, 1.82) is 0 Å². The van der Waals surface area contributed by atoms with Crippen LogP contribution in [-0.4, -0.2) is 19.5 Å². The first kappa shape index (κ1) is 12.1. The van der Waals surface area contributed by atoms with Gasteiger partial charge in [0.1, 0.15) is 5.75 Å². The molecule has 17 heavy (non-hydrogen) atoms. The van der Waals surface area contributed by atoms with Crippen LogP contribution in [0.5, 0.6) is 5.75 Å². The van der Waals surface area contributed by atoms with Crippen molar-refractivity contribution in [2.24, 2.45) is 0 Å². The molecule has 5 heteroatoms. The first-order chi connectivity index (χ1) is 8.04. The van der Waals surface area contributed by atoms with E-state index in [1.807, 2.05) is 0 Å². The highest BCUT2D eigenvalue weighted by Crippen LogP contribution is 2.26. The number of alkyl halides is 3. The van der Waals surface area contributed by atoms with Gasteiger partial charge in [0.05, 0.1) is 0 Å². The van der Waals surface area contributed by atoms with Crippen LogP contribution in [0.1, 0.15) is 19.3 Å². The highest BCUT2D eigenvalue weighted by Gasteiger charge is 2.31. The second kappa shape index (κ2) is 4.85. The van der Waals surface area contributed by atoms with Crippen molar-refractivity contribution in [3.05, 3.63) is 24.3 Å². The van der Waals surface area contributed by atoms with Crippen LogP contribution in [0.3, 0.4) is 0 Å². The highest BCUT2D eigenvalue weighted by atomic mass is 19.4. The molecular weight excluding hydrogens is 231 g/mol. The molecule has 2 nitrogen and oxygen atoms in total. The molecule has 1 fully saturated rings. The Labute approximate surface area is 98.0 Å². The van der Waals surface area contributed by atoms with Gasteiger partial charge in [0.25, 0.3) is 0 Å². The van der Waals surface area contributed by atoms with Crippen molar-refractivity contribution in [1.82, 2.24) is 0 Å². The average molecular weight is 245 g/mol. The molecule has 0 N–H and O–H groups in total. The van der Waals surface area contributed by atoms with E-state index in [1.165, 1.54) is 18.6 Å². The number of benzene rings is 1. The summed E-state index contributed by atoms with van der Waals surface area (Å²) in [6.45, 7) is 1.94. The molecule has 0 aliphatic carbocycles. The summed E-state index contributed by atoms with van der Waals surface area (Å²) in [5.41, 5.74) is 0.958. The van der Waals surface area contributed by atoms with Crippen molar-refractivity contribution in [3.8, 4) is 5.75 Å². The van der Waals surface area contributed by atoms with Gasteiger partial charge >= 0.3 is 6.36 Å². The molecule has 0 atom stereocenters. The molecule has 0 radical (unpaired) electrons. The maximum Gasteiger partial charge on any atom is 0.573 e. The summed E-state index contributed by atoms with van der Waals surface area (Å²) in [6, 6.07) is 6.06. The summed E-state index contributed by atoms with van der Waals surface area (Å²) in [7, 11) is 0. The summed E-state index contributed by atoms with van der Waals surface area (Å²) in [5.74, 6) is -0.168. The number of hydrogen-bond donors (Lipinski definition) is 0. The van der Waals surface area contributed by atoms with Gasteiger partial charge in [0, 0.05) is 18.8 Å². The van der Waals surface area contributed by atoms with Gasteiger partial charge in [-0.1, -0.05) is 0 Å². The zero-order valence-electron chi connectivity index (χ0n) is 9.33. The third-order valence-corrected chi connectivity index (χ3v) is 2.79. The molecule has 2 rings (SSSR count). The van der Waals surface area contributed by atoms with Crippen molar-refractivity contribution in [3.63, 3.8) is 0 Å². The van der Waals surface area contributed by atoms with Crippen LogP contribution in [0.4, 0.5) is 18.9 Å². The zero-order valence-corrected chi connectivity index (χ0v) is 9.33. The van der Waals surface area contributed by atoms with E-state index in [2.05, 4.69) is 9.64 Å². The molecule has 94 valence electrons. The van der Waals surface area contributed by atoms with Gasteiger partial charge in [0.2, 0.25) is 0 Å². The van der Waals surface area contributed by atoms with Gasteiger partial charge in [-0.25, -0.2) is 0 Å². The molecule has 1 aliphatic heterocycles. The lowest BCUT2D eigenvalue weighted by Gasteiger charge is -2.28. The van der Waals surface area contributed by atoms with Crippen LogP contribution < -0.4 is 9.64 Å². The normalized spacial score (nSPS) is 17.0. The summed E-state index contributed by atoms with van der Waals surface area (Å²) < 4.78 is 39.7. The van der Waals surface area contributed by atoms with Gasteiger partial charge < -0.3 is 9.64 Å². The van der Waals surface area contributed by atoms with Crippen molar-refractivity contribution < 1.29 is 17.9 Å². The molecule has 1 saturated heterocycles. The number of hydrogen-bond acceptors (Lipinski definition) is 2. The Morgan fingerprint density at radius 2 is 1.53 bits per heavy atom. The Morgan fingerprint density at radius 3 is 2.06 bits per heavy atom. The summed E-state index contributed by atoms with van der Waals surface area (Å²) in [5, 5.41) is 0. The molecular formula is C12H14F3NO. The summed E-state index contributed by atoms with van der Waals surface area (Å²) in [4.78, 5) is 2.18. The summed E-state index contributed by atoms with van der Waals surface area (Å²) in [6.07, 6.45) is -1.11. The molecule has 1 aromatic rings. The number of ether oxygens (including phenoxy) is 1. The standard InChI is InChI=1S/C12H14F3NO/c13-12(14,15)17-11-6-4-10(5-7-11)16-8-2-1-3-9-16/h4-7H,1-3,8-9H2. The molecule has 1 heterocycles. The van der Waals surface area contributed by atoms with Crippen molar-refractivity contribution in [2.75, 3.05) is 18.0 Å². The Bertz CT molecular complexity index is 355. The number of rotatable bonds is 2. The lowest BCUT2D eigenvalue weighted by atomic mass is 10.1. The SMILES string of the molecule is FC(F)(F)Oc1ccc(N2CCCCC2)cc1. The fraction of sp³-hybridized carbons (Fsp3) is 0.500. The van der Waals surface area contributed by atoms with E-state index in [0.29, 0.717) is 0 Å². The van der Waals surface area contributed by atoms with Gasteiger partial charge in [0.15, 0.2) is 0 Å². The first-order valence-corrected chi connectivity index (χ1v) is 5.65. The van der Waals surface area contributed by atoms with Crippen LogP contribution >= 0.6 is 0 Å². The fourth-order valence-corrected chi connectivity index (χ4v) is 2.01. The molecule has 1 aliphatic rings. The largest absolute Gasteiger partial charge is 0.573 e. The van der Waals surface area contributed by atoms with E-state index in [1.54, 1.807) is 12.1 Å². The maximum atomic E-state index is 12.0. The molecule has 0 bridgehead atoms. The third-order valence-electron chi connectivity index (χ3n) is 2.79. The molecule has 1 aromatic carbocycles. The van der Waals surface area contributed by atoms with Gasteiger partial charge in [-0.3, -0.25) is 0 Å². The number of piperidine rings is 1. The van der Waals surface area contributed by atoms with Gasteiger partial charge in [-0.15, -0.1) is 13.2 Å². The third kappa shape index (κ3) is 3.54. The predicted molar refractivity (Wildman–Crippen MR) is 59.2 cm³/mol. The minimum Gasteiger partial charge on any atom is -0.406 e. The zero-order chi connectivity index (χ0) is 12.3. The van der Waals surface area contributed by atoms with Crippen LogP contribution in [-0.2, 0) is 0 Å². The highest BCUT2D eigenvalue weighted by molar-refractivity contribution is 5.49. The van der Waals surface area contributed by atoms with E-state index in [4.69, 9.17) is 0 Å². The first-order valence-electron chi connectivity index (χ1n) is 5.65. The van der Waals surface area contributed by atoms with E-state index in [9.17, 15) is 13.2 Å². The quantitative estimate of drug-likeness (QED) is 0.789. The van der Waals surface area contributed by atoms with E-state index < -0.39 is 6.36 Å².